The zero-order valence-electron chi connectivity index (χ0n) is 17.9. The highest BCUT2D eigenvalue weighted by atomic mass is 32.2. The van der Waals surface area contributed by atoms with Crippen molar-refractivity contribution in [3.05, 3.63) is 35.6 Å². The number of halogens is 1. The molecule has 172 valence electrons. The van der Waals surface area contributed by atoms with Crippen LogP contribution in [0.25, 0.3) is 0 Å². The maximum Gasteiger partial charge on any atom is 0.290 e. The van der Waals surface area contributed by atoms with E-state index in [9.17, 15) is 17.6 Å². The van der Waals surface area contributed by atoms with Crippen molar-refractivity contribution in [3.8, 4) is 0 Å². The Morgan fingerprint density at radius 3 is 2.58 bits per heavy atom. The van der Waals surface area contributed by atoms with Crippen molar-refractivity contribution in [3.63, 3.8) is 0 Å². The molecule has 3 aliphatic heterocycles. The molecule has 0 aromatic heterocycles. The number of carboxylic acid groups (broad SMARTS) is 1. The second-order valence-corrected chi connectivity index (χ2v) is 10.8. The molecule has 4 rings (SSSR count). The largest absolute Gasteiger partial charge is 0.483 e. The molecule has 3 fully saturated rings. The summed E-state index contributed by atoms with van der Waals surface area (Å²) in [5.41, 5.74) is 0.855. The van der Waals surface area contributed by atoms with Crippen LogP contribution in [0.5, 0.6) is 0 Å². The van der Waals surface area contributed by atoms with E-state index in [4.69, 9.17) is 9.90 Å². The SMILES string of the molecule is CN(C)S(=O)(=O)N1C[C@H]2C[C@@H](C1)[C@H](Cc1cccc(F)c1)N1C(=O)CCC[C@@H]21.O=CO. The van der Waals surface area contributed by atoms with Crippen LogP contribution in [0.4, 0.5) is 4.39 Å². The lowest BCUT2D eigenvalue weighted by Gasteiger charge is -2.56. The van der Waals surface area contributed by atoms with Crippen LogP contribution in [0.3, 0.4) is 0 Å². The lowest BCUT2D eigenvalue weighted by molar-refractivity contribution is -0.150. The normalized spacial score (nSPS) is 28.5. The van der Waals surface area contributed by atoms with Crippen molar-refractivity contribution in [2.75, 3.05) is 27.2 Å². The standard InChI is InChI=1S/C20H28FN3O3S.CH2O2/c1-22(2)28(26,27)23-12-15-11-16(13-23)19(10-14-5-3-6-17(21)9-14)24-18(15)7-4-8-20(24)25;2-1-3/h3,5-6,9,15-16,18-19H,4,7-8,10-13H2,1-2H3;1H,(H,2,3)/t15-,16+,18+,19+;/m1./s1. The van der Waals surface area contributed by atoms with Crippen molar-refractivity contribution in [1.29, 1.82) is 0 Å². The Bertz CT molecular complexity index is 910. The molecule has 0 aliphatic carbocycles. The topological polar surface area (TPSA) is 98.2 Å². The quantitative estimate of drug-likeness (QED) is 0.695. The van der Waals surface area contributed by atoms with Crippen LogP contribution >= 0.6 is 0 Å². The van der Waals surface area contributed by atoms with Crippen molar-refractivity contribution in [1.82, 2.24) is 13.5 Å². The van der Waals surface area contributed by atoms with E-state index in [0.717, 1.165) is 24.8 Å². The van der Waals surface area contributed by atoms with Gasteiger partial charge in [-0.25, -0.2) is 4.39 Å². The number of nitrogens with zero attached hydrogens (tertiary/aromatic N) is 3. The minimum Gasteiger partial charge on any atom is -0.483 e. The van der Waals surface area contributed by atoms with Gasteiger partial charge in [0.1, 0.15) is 5.82 Å². The van der Waals surface area contributed by atoms with Crippen LogP contribution in [0.1, 0.15) is 31.2 Å². The van der Waals surface area contributed by atoms with Crippen LogP contribution < -0.4 is 0 Å². The number of carbonyl (C=O) groups is 2. The van der Waals surface area contributed by atoms with Gasteiger partial charge in [-0.2, -0.15) is 17.0 Å². The molecule has 31 heavy (non-hydrogen) atoms. The molecule has 0 radical (unpaired) electrons. The maximum absolute atomic E-state index is 13.7. The smallest absolute Gasteiger partial charge is 0.290 e. The van der Waals surface area contributed by atoms with Gasteiger partial charge in [0, 0.05) is 45.7 Å². The minimum absolute atomic E-state index is 0.0649. The molecule has 1 aromatic carbocycles. The van der Waals surface area contributed by atoms with E-state index < -0.39 is 10.2 Å². The Balaban J connectivity index is 0.000000858. The number of amides is 1. The number of fused-ring (bicyclic) bond motifs is 4. The fourth-order valence-electron chi connectivity index (χ4n) is 5.32. The first-order valence-corrected chi connectivity index (χ1v) is 11.9. The summed E-state index contributed by atoms with van der Waals surface area (Å²) < 4.78 is 42.1. The Morgan fingerprint density at radius 2 is 1.94 bits per heavy atom. The highest BCUT2D eigenvalue weighted by Gasteiger charge is 2.51. The molecule has 3 heterocycles. The summed E-state index contributed by atoms with van der Waals surface area (Å²) >= 11 is 0. The lowest BCUT2D eigenvalue weighted by atomic mass is 9.71. The highest BCUT2D eigenvalue weighted by molar-refractivity contribution is 7.86. The van der Waals surface area contributed by atoms with Gasteiger partial charge >= 0.3 is 0 Å². The first-order chi connectivity index (χ1) is 14.7. The van der Waals surface area contributed by atoms with Crippen molar-refractivity contribution in [2.45, 2.75) is 44.2 Å². The average molecular weight is 456 g/mol. The Hall–Kier alpha value is -2.04. The fourth-order valence-corrected chi connectivity index (χ4v) is 6.54. The van der Waals surface area contributed by atoms with E-state index in [-0.39, 0.29) is 42.1 Å². The van der Waals surface area contributed by atoms with E-state index >= 15 is 0 Å². The predicted molar refractivity (Wildman–Crippen MR) is 113 cm³/mol. The molecule has 1 amide bonds. The van der Waals surface area contributed by atoms with Gasteiger partial charge in [-0.1, -0.05) is 12.1 Å². The predicted octanol–water partition coefficient (Wildman–Crippen LogP) is 1.58. The molecule has 4 atom stereocenters. The van der Waals surface area contributed by atoms with Crippen molar-refractivity contribution >= 4 is 22.6 Å². The molecule has 8 nitrogen and oxygen atoms in total. The summed E-state index contributed by atoms with van der Waals surface area (Å²) in [7, 11) is -0.381. The number of hydrogen-bond donors (Lipinski definition) is 1. The van der Waals surface area contributed by atoms with Gasteiger partial charge in [0.15, 0.2) is 0 Å². The molecule has 0 spiro atoms. The van der Waals surface area contributed by atoms with E-state index in [2.05, 4.69) is 0 Å². The molecule has 1 aromatic rings. The van der Waals surface area contributed by atoms with Crippen molar-refractivity contribution < 1.29 is 27.5 Å². The van der Waals surface area contributed by atoms with Gasteiger partial charge in [0.25, 0.3) is 16.7 Å². The third-order valence-corrected chi connectivity index (χ3v) is 8.46. The van der Waals surface area contributed by atoms with Gasteiger partial charge in [-0.15, -0.1) is 0 Å². The van der Waals surface area contributed by atoms with Gasteiger partial charge in [0.2, 0.25) is 5.91 Å². The van der Waals surface area contributed by atoms with Gasteiger partial charge in [0.05, 0.1) is 0 Å². The van der Waals surface area contributed by atoms with Crippen LogP contribution in [0.15, 0.2) is 24.3 Å². The summed E-state index contributed by atoms with van der Waals surface area (Å²) in [6.07, 6.45) is 3.81. The number of benzene rings is 1. The zero-order chi connectivity index (χ0) is 22.8. The molecule has 2 bridgehead atoms. The molecule has 1 N–H and O–H groups in total. The Morgan fingerprint density at radius 1 is 1.26 bits per heavy atom. The Labute approximate surface area is 182 Å². The van der Waals surface area contributed by atoms with Crippen LogP contribution in [-0.4, -0.2) is 78.7 Å². The molecule has 0 saturated carbocycles. The third kappa shape index (κ3) is 4.91. The first kappa shape index (κ1) is 23.6. The summed E-state index contributed by atoms with van der Waals surface area (Å²) in [5.74, 6) is 0.112. The van der Waals surface area contributed by atoms with E-state index in [1.165, 1.54) is 16.4 Å². The number of carbonyl (C=O) groups excluding carboxylic acids is 1. The van der Waals surface area contributed by atoms with Gasteiger partial charge in [-0.3, -0.25) is 9.59 Å². The zero-order valence-corrected chi connectivity index (χ0v) is 18.7. The van der Waals surface area contributed by atoms with E-state index in [1.54, 1.807) is 24.5 Å². The van der Waals surface area contributed by atoms with Crippen LogP contribution in [0.2, 0.25) is 0 Å². The summed E-state index contributed by atoms with van der Waals surface area (Å²) in [6, 6.07) is 6.51. The lowest BCUT2D eigenvalue weighted by Crippen LogP contribution is -2.66. The van der Waals surface area contributed by atoms with E-state index in [1.807, 2.05) is 11.0 Å². The molecular formula is C21H30FN3O5S. The number of rotatable bonds is 4. The summed E-state index contributed by atoms with van der Waals surface area (Å²) in [5, 5.41) is 6.89. The average Bonchev–Trinajstić information content (AvgIpc) is 2.71. The second kappa shape index (κ2) is 9.62. The first-order valence-electron chi connectivity index (χ1n) is 10.5. The number of hydrogen-bond acceptors (Lipinski definition) is 4. The summed E-state index contributed by atoms with van der Waals surface area (Å²) in [6.45, 7) is 0.631. The summed E-state index contributed by atoms with van der Waals surface area (Å²) in [4.78, 5) is 23.2. The maximum atomic E-state index is 13.7. The monoisotopic (exact) mass is 455 g/mol. The molecule has 3 saturated heterocycles. The Kier molecular flexibility index (Phi) is 7.33. The minimum atomic E-state index is -3.49. The van der Waals surface area contributed by atoms with Gasteiger partial charge < -0.3 is 10.0 Å². The molecular weight excluding hydrogens is 425 g/mol. The molecule has 10 heteroatoms. The van der Waals surface area contributed by atoms with Crippen LogP contribution in [-0.2, 0) is 26.2 Å². The van der Waals surface area contributed by atoms with Crippen molar-refractivity contribution in [2.24, 2.45) is 11.8 Å². The van der Waals surface area contributed by atoms with E-state index in [0.29, 0.717) is 25.9 Å². The molecule has 3 aliphatic rings. The van der Waals surface area contributed by atoms with Gasteiger partial charge in [-0.05, 0) is 55.2 Å². The second-order valence-electron chi connectivity index (χ2n) is 8.63. The van der Waals surface area contributed by atoms with Crippen LogP contribution in [0, 0.1) is 17.7 Å². The molecule has 0 unspecified atom stereocenters. The highest BCUT2D eigenvalue weighted by Crippen LogP contribution is 2.43. The number of piperidine rings is 3. The third-order valence-electron chi connectivity index (χ3n) is 6.58. The fraction of sp³-hybridized carbons (Fsp3) is 0.619.